The number of fused-ring (bicyclic) bond motifs is 1. The normalized spacial score (nSPS) is 31.8. The van der Waals surface area contributed by atoms with Gasteiger partial charge in [0, 0.05) is 0 Å². The van der Waals surface area contributed by atoms with Gasteiger partial charge < -0.3 is 0 Å². The van der Waals surface area contributed by atoms with Gasteiger partial charge in [0.15, 0.2) is 0 Å². The minimum absolute atomic E-state index is 0.465. The summed E-state index contributed by atoms with van der Waals surface area (Å²) in [6.07, 6.45) is 6.10. The van der Waals surface area contributed by atoms with Gasteiger partial charge in [-0.15, -0.1) is 0 Å². The molecule has 2 heteroatoms. The second-order valence-electron chi connectivity index (χ2n) is 3.13. The van der Waals surface area contributed by atoms with Gasteiger partial charge in [0.2, 0.25) is 0 Å². The van der Waals surface area contributed by atoms with Crippen molar-refractivity contribution in [2.75, 3.05) is 21.9 Å². The molecule has 10 heavy (non-hydrogen) atoms. The molecule has 0 aromatic heterocycles. The summed E-state index contributed by atoms with van der Waals surface area (Å²) in [4.78, 5) is 0. The maximum absolute atomic E-state index is 2.86. The van der Waals surface area contributed by atoms with E-state index in [1.54, 1.807) is 21.7 Å². The summed E-state index contributed by atoms with van der Waals surface area (Å²) in [6.45, 7) is 2.93. The van der Waals surface area contributed by atoms with E-state index in [1.807, 2.05) is 0 Å². The van der Waals surface area contributed by atoms with E-state index >= 15 is 0 Å². The van der Waals surface area contributed by atoms with E-state index < -0.39 is 20.1 Å². The van der Waals surface area contributed by atoms with E-state index in [9.17, 15) is 0 Å². The minimum atomic E-state index is -0.465. The monoisotopic (exact) mass is 253 g/mol. The molecule has 60 valence electrons. The van der Waals surface area contributed by atoms with Crippen LogP contribution in [0.5, 0.6) is 0 Å². The SMILES string of the molecule is C1CCI2CCCCN2C1. The van der Waals surface area contributed by atoms with Gasteiger partial charge in [-0.25, -0.2) is 0 Å². The molecule has 0 saturated carbocycles. The molecule has 2 fully saturated rings. The van der Waals surface area contributed by atoms with Crippen LogP contribution in [0.1, 0.15) is 25.7 Å². The van der Waals surface area contributed by atoms with Crippen LogP contribution in [0, 0.1) is 0 Å². The van der Waals surface area contributed by atoms with E-state index in [2.05, 4.69) is 3.11 Å². The first-order valence-corrected chi connectivity index (χ1v) is 8.35. The van der Waals surface area contributed by atoms with Crippen LogP contribution in [0.2, 0.25) is 0 Å². The first kappa shape index (κ1) is 7.35. The Morgan fingerprint density at radius 1 is 0.800 bits per heavy atom. The summed E-state index contributed by atoms with van der Waals surface area (Å²) in [6, 6.07) is 0. The fourth-order valence-electron chi connectivity index (χ4n) is 1.75. The van der Waals surface area contributed by atoms with E-state index in [0.29, 0.717) is 0 Å². The Morgan fingerprint density at radius 2 is 1.40 bits per heavy atom. The quantitative estimate of drug-likeness (QED) is 0.364. The summed E-state index contributed by atoms with van der Waals surface area (Å²) in [7, 11) is 0. The zero-order valence-electron chi connectivity index (χ0n) is 6.48. The molecule has 2 rings (SSSR count). The van der Waals surface area contributed by atoms with Crippen LogP contribution >= 0.6 is 20.1 Å². The van der Waals surface area contributed by atoms with E-state index in [1.165, 1.54) is 25.9 Å². The van der Waals surface area contributed by atoms with Crippen molar-refractivity contribution in [2.45, 2.75) is 25.7 Å². The molecule has 0 amide bonds. The molecule has 2 heterocycles. The molecule has 0 unspecified atom stereocenters. The van der Waals surface area contributed by atoms with E-state index in [4.69, 9.17) is 0 Å². The van der Waals surface area contributed by atoms with Gasteiger partial charge in [-0.3, -0.25) is 0 Å². The van der Waals surface area contributed by atoms with Crippen LogP contribution in [0.4, 0.5) is 0 Å². The number of hydrogen-bond donors (Lipinski definition) is 0. The van der Waals surface area contributed by atoms with Crippen LogP contribution in [0.15, 0.2) is 0 Å². The first-order chi connectivity index (χ1) is 4.97. The number of hydrogen-bond acceptors (Lipinski definition) is 1. The third-order valence-electron chi connectivity index (χ3n) is 2.34. The van der Waals surface area contributed by atoms with Gasteiger partial charge in [-0.1, -0.05) is 0 Å². The van der Waals surface area contributed by atoms with Crippen LogP contribution in [-0.2, 0) is 0 Å². The summed E-state index contributed by atoms with van der Waals surface area (Å²) in [5, 5.41) is 0. The van der Waals surface area contributed by atoms with Crippen molar-refractivity contribution in [2.24, 2.45) is 0 Å². The summed E-state index contributed by atoms with van der Waals surface area (Å²) < 4.78 is 6.14. The molecule has 0 aliphatic carbocycles. The van der Waals surface area contributed by atoms with Crippen molar-refractivity contribution in [1.82, 2.24) is 3.11 Å². The van der Waals surface area contributed by atoms with Gasteiger partial charge in [0.05, 0.1) is 0 Å². The van der Waals surface area contributed by atoms with Crippen LogP contribution in [0.25, 0.3) is 0 Å². The summed E-state index contributed by atoms with van der Waals surface area (Å²) in [5.74, 6) is 0. The Morgan fingerprint density at radius 3 is 1.90 bits per heavy atom. The fourth-order valence-corrected chi connectivity index (χ4v) is 8.54. The Hall–Kier alpha value is 0.690. The van der Waals surface area contributed by atoms with Gasteiger partial charge in [-0.2, -0.15) is 0 Å². The Kier molecular flexibility index (Phi) is 2.49. The standard InChI is InChI=1S/C8H16IN/c1-3-7-10-8-4-2-6-9(10)5-1/h1-8H2. The van der Waals surface area contributed by atoms with Crippen molar-refractivity contribution in [3.8, 4) is 0 Å². The third-order valence-corrected chi connectivity index (χ3v) is 9.25. The van der Waals surface area contributed by atoms with E-state index in [0.717, 1.165) is 0 Å². The molecule has 1 nitrogen and oxygen atoms in total. The van der Waals surface area contributed by atoms with Crippen LogP contribution in [0.3, 0.4) is 0 Å². The molecule has 2 aliphatic heterocycles. The second-order valence-corrected chi connectivity index (χ2v) is 9.10. The topological polar surface area (TPSA) is 3.24 Å². The Labute approximate surface area is 70.9 Å². The second kappa shape index (κ2) is 3.39. The zero-order valence-corrected chi connectivity index (χ0v) is 8.64. The molecule has 0 spiro atoms. The predicted molar refractivity (Wildman–Crippen MR) is 53.8 cm³/mol. The molecular weight excluding hydrogens is 237 g/mol. The van der Waals surface area contributed by atoms with E-state index in [-0.39, 0.29) is 0 Å². The number of rotatable bonds is 0. The molecule has 0 radical (unpaired) electrons. The van der Waals surface area contributed by atoms with Gasteiger partial charge >= 0.3 is 70.8 Å². The molecule has 2 aliphatic rings. The van der Waals surface area contributed by atoms with Gasteiger partial charge in [0.1, 0.15) is 0 Å². The number of alkyl halides is 2. The average molecular weight is 253 g/mol. The Balaban J connectivity index is 1.93. The van der Waals surface area contributed by atoms with Crippen molar-refractivity contribution in [1.29, 1.82) is 0 Å². The van der Waals surface area contributed by atoms with Crippen molar-refractivity contribution < 1.29 is 0 Å². The molecule has 0 aromatic rings. The molecule has 0 atom stereocenters. The molecule has 0 N–H and O–H groups in total. The fraction of sp³-hybridized carbons (Fsp3) is 1.00. The predicted octanol–water partition coefficient (Wildman–Crippen LogP) is 2.30. The van der Waals surface area contributed by atoms with Gasteiger partial charge in [-0.05, 0) is 0 Å². The summed E-state index contributed by atoms with van der Waals surface area (Å²) in [5.41, 5.74) is 0. The van der Waals surface area contributed by atoms with Crippen LogP contribution in [-0.4, -0.2) is 25.1 Å². The molecule has 0 bridgehead atoms. The summed E-state index contributed by atoms with van der Waals surface area (Å²) >= 11 is -0.465. The number of halogens is 1. The van der Waals surface area contributed by atoms with Crippen molar-refractivity contribution in [3.63, 3.8) is 0 Å². The van der Waals surface area contributed by atoms with Crippen LogP contribution < -0.4 is 0 Å². The Bertz CT molecular complexity index is 89.8. The molecule has 2 saturated heterocycles. The van der Waals surface area contributed by atoms with Crippen molar-refractivity contribution >= 4 is 20.1 Å². The first-order valence-electron chi connectivity index (χ1n) is 4.34. The van der Waals surface area contributed by atoms with Gasteiger partial charge in [0.25, 0.3) is 0 Å². The maximum atomic E-state index is 2.86. The third kappa shape index (κ3) is 1.47. The average Bonchev–Trinajstić information content (AvgIpc) is 2.05. The zero-order chi connectivity index (χ0) is 6.81. The molecule has 0 aromatic carbocycles. The molecular formula is C8H16IN. The van der Waals surface area contributed by atoms with Crippen molar-refractivity contribution in [3.05, 3.63) is 0 Å². The number of nitrogens with zero attached hydrogens (tertiary/aromatic N) is 1.